The summed E-state index contributed by atoms with van der Waals surface area (Å²) in [7, 11) is 3.68. The molecule has 242 valence electrons. The number of carbonyl (C=O) groups is 1. The summed E-state index contributed by atoms with van der Waals surface area (Å²) in [6.07, 6.45) is 10.5. The lowest BCUT2D eigenvalue weighted by Gasteiger charge is -2.46. The van der Waals surface area contributed by atoms with Crippen molar-refractivity contribution < 1.29 is 23.2 Å². The minimum atomic E-state index is -1.43. The Balaban J connectivity index is 0.00000123. The summed E-state index contributed by atoms with van der Waals surface area (Å²) in [6, 6.07) is 12.0. The van der Waals surface area contributed by atoms with E-state index in [4.69, 9.17) is 21.1 Å². The zero-order chi connectivity index (χ0) is 31.3. The van der Waals surface area contributed by atoms with Crippen LogP contribution in [0.3, 0.4) is 0 Å². The summed E-state index contributed by atoms with van der Waals surface area (Å²) in [6.45, 7) is 4.37. The number of anilines is 1. The number of hydrogen-bond donors (Lipinski definition) is 1. The third kappa shape index (κ3) is 7.14. The number of amides is 1. The van der Waals surface area contributed by atoms with Gasteiger partial charge in [-0.25, -0.2) is 4.21 Å². The van der Waals surface area contributed by atoms with E-state index < -0.39 is 11.0 Å². The Morgan fingerprint density at radius 3 is 2.59 bits per heavy atom. The molecule has 7 nitrogen and oxygen atoms in total. The minimum absolute atomic E-state index is 0.0512. The van der Waals surface area contributed by atoms with E-state index in [0.717, 1.165) is 80.9 Å². The molecule has 6 atom stereocenters. The molecule has 2 aliphatic carbocycles. The number of rotatable bonds is 2. The summed E-state index contributed by atoms with van der Waals surface area (Å²) in [5, 5.41) is 0.731. The first-order valence-corrected chi connectivity index (χ1v) is 17.9. The van der Waals surface area contributed by atoms with Crippen molar-refractivity contribution in [2.24, 2.45) is 11.8 Å². The van der Waals surface area contributed by atoms with Gasteiger partial charge in [-0.15, -0.1) is 0 Å². The maximum absolute atomic E-state index is 13.4. The van der Waals surface area contributed by atoms with Gasteiger partial charge in [-0.3, -0.25) is 9.52 Å². The van der Waals surface area contributed by atoms with Crippen molar-refractivity contribution in [1.82, 2.24) is 4.72 Å². The molecule has 2 aromatic carbocycles. The van der Waals surface area contributed by atoms with Gasteiger partial charge in [-0.1, -0.05) is 37.4 Å². The fraction of sp³-hybridized carbons (Fsp3) is 0.629. The summed E-state index contributed by atoms with van der Waals surface area (Å²) >= 11 is 6.42. The van der Waals surface area contributed by atoms with Gasteiger partial charge >= 0.3 is 0 Å². The van der Waals surface area contributed by atoms with Crippen molar-refractivity contribution >= 4 is 34.2 Å². The number of carbonyl (C=O) groups excluding carboxylic acids is 1. The second-order valence-electron chi connectivity index (χ2n) is 13.0. The molecular formula is C35H49ClN2O5S. The van der Waals surface area contributed by atoms with Gasteiger partial charge in [0.2, 0.25) is 0 Å². The molecule has 9 heteroatoms. The first kappa shape index (κ1) is 33.2. The lowest BCUT2D eigenvalue weighted by atomic mass is 9.68. The van der Waals surface area contributed by atoms with Crippen LogP contribution in [0, 0.1) is 11.8 Å². The number of fused-ring (bicyclic) bond motifs is 4. The molecule has 1 spiro atoms. The van der Waals surface area contributed by atoms with Crippen LogP contribution in [-0.2, 0) is 32.3 Å². The second-order valence-corrected chi connectivity index (χ2v) is 14.9. The number of benzene rings is 2. The van der Waals surface area contributed by atoms with Crippen LogP contribution in [0.1, 0.15) is 86.2 Å². The topological polar surface area (TPSA) is 77.1 Å². The molecule has 4 aliphatic rings. The highest BCUT2D eigenvalue weighted by atomic mass is 35.5. The Kier molecular flexibility index (Phi) is 11.3. The van der Waals surface area contributed by atoms with Crippen molar-refractivity contribution in [1.29, 1.82) is 0 Å². The van der Waals surface area contributed by atoms with Crippen LogP contribution in [0.15, 0.2) is 36.4 Å². The van der Waals surface area contributed by atoms with Crippen LogP contribution in [0.4, 0.5) is 5.69 Å². The molecule has 2 bridgehead atoms. The fourth-order valence-electron chi connectivity index (χ4n) is 7.77. The smallest absolute Gasteiger partial charge is 0.263 e. The molecule has 1 N–H and O–H groups in total. The number of hydrogen-bond acceptors (Lipinski definition) is 6. The molecule has 5 unspecified atom stereocenters. The van der Waals surface area contributed by atoms with Gasteiger partial charge in [0.1, 0.15) is 16.7 Å². The molecule has 6 rings (SSSR count). The highest BCUT2D eigenvalue weighted by Gasteiger charge is 2.44. The molecule has 2 aliphatic heterocycles. The predicted octanol–water partition coefficient (Wildman–Crippen LogP) is 6.86. The van der Waals surface area contributed by atoms with Crippen molar-refractivity contribution in [3.8, 4) is 5.75 Å². The molecule has 1 amide bonds. The fourth-order valence-corrected chi connectivity index (χ4v) is 9.12. The minimum Gasteiger partial charge on any atom is -0.490 e. The molecule has 2 heterocycles. The molecule has 2 aromatic rings. The Bertz CT molecular complexity index is 1320. The first-order chi connectivity index (χ1) is 21.3. The van der Waals surface area contributed by atoms with Crippen molar-refractivity contribution in [3.05, 3.63) is 58.1 Å². The van der Waals surface area contributed by atoms with E-state index in [9.17, 15) is 9.00 Å². The number of nitrogens with zero attached hydrogens (tertiary/aromatic N) is 1. The number of aryl methyl sites for hydroxylation is 1. The van der Waals surface area contributed by atoms with E-state index in [1.165, 1.54) is 24.0 Å². The van der Waals surface area contributed by atoms with Crippen LogP contribution in [-0.4, -0.2) is 62.5 Å². The van der Waals surface area contributed by atoms with Crippen LogP contribution in [0.25, 0.3) is 0 Å². The highest BCUT2D eigenvalue weighted by molar-refractivity contribution is 7.84. The third-order valence-electron chi connectivity index (χ3n) is 10.2. The average molecular weight is 645 g/mol. The molecule has 0 aromatic heterocycles. The van der Waals surface area contributed by atoms with Crippen LogP contribution in [0.2, 0.25) is 5.02 Å². The van der Waals surface area contributed by atoms with E-state index in [-0.39, 0.29) is 22.7 Å². The van der Waals surface area contributed by atoms with E-state index in [1.807, 2.05) is 31.4 Å². The summed E-state index contributed by atoms with van der Waals surface area (Å²) in [4.78, 5) is 15.9. The van der Waals surface area contributed by atoms with Gasteiger partial charge in [-0.2, -0.15) is 0 Å². The zero-order valence-electron chi connectivity index (χ0n) is 26.7. The number of nitrogens with one attached hydrogen (secondary N) is 1. The lowest BCUT2D eigenvalue weighted by Crippen LogP contribution is -2.49. The van der Waals surface area contributed by atoms with Crippen LogP contribution >= 0.6 is 11.6 Å². The number of ether oxygens (including phenoxy) is 3. The van der Waals surface area contributed by atoms with E-state index >= 15 is 0 Å². The predicted molar refractivity (Wildman–Crippen MR) is 178 cm³/mol. The normalized spacial score (nSPS) is 30.3. The Labute approximate surface area is 270 Å². The van der Waals surface area contributed by atoms with E-state index in [1.54, 1.807) is 14.2 Å². The van der Waals surface area contributed by atoms with Gasteiger partial charge < -0.3 is 19.1 Å². The molecule has 44 heavy (non-hydrogen) atoms. The van der Waals surface area contributed by atoms with Crippen molar-refractivity contribution in [2.45, 2.75) is 87.9 Å². The zero-order valence-corrected chi connectivity index (χ0v) is 28.3. The maximum atomic E-state index is 13.4. The molecular weight excluding hydrogens is 596 g/mol. The first-order valence-electron chi connectivity index (χ1n) is 16.3. The van der Waals surface area contributed by atoms with E-state index in [2.05, 4.69) is 33.4 Å². The molecule has 1 fully saturated rings. The Morgan fingerprint density at radius 2 is 1.86 bits per heavy atom. The Hall–Kier alpha value is -2.13. The molecule has 1 saturated carbocycles. The van der Waals surface area contributed by atoms with Crippen LogP contribution < -0.4 is 14.4 Å². The largest absolute Gasteiger partial charge is 0.490 e. The summed E-state index contributed by atoms with van der Waals surface area (Å²) in [5.74, 6) is 1.58. The van der Waals surface area contributed by atoms with Gasteiger partial charge in [-0.05, 0) is 105 Å². The van der Waals surface area contributed by atoms with Gasteiger partial charge in [0, 0.05) is 50.4 Å². The maximum Gasteiger partial charge on any atom is 0.263 e. The quantitative estimate of drug-likeness (QED) is 0.385. The Morgan fingerprint density at radius 1 is 1.07 bits per heavy atom. The number of methoxy groups -OCH3 is 2. The summed E-state index contributed by atoms with van der Waals surface area (Å²) < 4.78 is 32.9. The summed E-state index contributed by atoms with van der Waals surface area (Å²) in [5.41, 5.74) is 3.99. The van der Waals surface area contributed by atoms with Crippen molar-refractivity contribution in [2.75, 3.05) is 45.9 Å². The van der Waals surface area contributed by atoms with Crippen molar-refractivity contribution in [3.63, 3.8) is 0 Å². The molecule has 0 saturated heterocycles. The second kappa shape index (κ2) is 15.0. The SMILES string of the molecule is CCC1CCCCC(OC)C2CCC2CN2C[C@@]3(CCCc4cc(Cl)ccc43)COc3ccc(cc32)C(=O)NS1=O.COC. The monoisotopic (exact) mass is 644 g/mol. The number of halogens is 1. The van der Waals surface area contributed by atoms with Crippen LogP contribution in [0.5, 0.6) is 5.75 Å². The van der Waals surface area contributed by atoms with Gasteiger partial charge in [0.25, 0.3) is 5.91 Å². The van der Waals surface area contributed by atoms with Gasteiger partial charge in [0.05, 0.1) is 23.6 Å². The third-order valence-corrected chi connectivity index (χ3v) is 12.0. The van der Waals surface area contributed by atoms with E-state index in [0.29, 0.717) is 24.0 Å². The average Bonchev–Trinajstić information content (AvgIpc) is 3.15. The highest BCUT2D eigenvalue weighted by Crippen LogP contribution is 2.47. The lowest BCUT2D eigenvalue weighted by molar-refractivity contribution is -0.0220. The standard InChI is InChI=1S/C33H43ClN2O4S.C2H6O/c1-3-26-8-4-5-9-30(39-2)27-13-10-24(27)19-36-20-33(16-6-7-22-17-25(34)12-14-28(22)33)21-40-31-15-11-23(18-29(31)36)32(37)35-41(26)38;1-3-2/h11-12,14-15,17-18,24,26-27,30H,3-10,13,16,19-21H2,1-2H3,(H,35,37);1-2H3/t24?,26?,27?,30?,33-,41?;/m0./s1. The van der Waals surface area contributed by atoms with Gasteiger partial charge in [0.15, 0.2) is 0 Å². The molecule has 0 radical (unpaired) electrons.